The van der Waals surface area contributed by atoms with Gasteiger partial charge in [-0.3, -0.25) is 4.98 Å². The molecule has 6 aromatic carbocycles. The van der Waals surface area contributed by atoms with E-state index in [1.165, 1.54) is 21.5 Å². The molecule has 8 rings (SSSR count). The van der Waals surface area contributed by atoms with E-state index in [1.807, 2.05) is 18.3 Å². The fourth-order valence-corrected chi connectivity index (χ4v) is 5.92. The number of benzene rings is 6. The van der Waals surface area contributed by atoms with E-state index in [9.17, 15) is 0 Å². The number of fused-ring (bicyclic) bond motifs is 4. The second kappa shape index (κ2) is 10.1. The van der Waals surface area contributed by atoms with Crippen LogP contribution in [0.1, 0.15) is 0 Å². The third-order valence-corrected chi connectivity index (χ3v) is 7.94. The fraction of sp³-hybridized carbons (Fsp3) is 0. The molecule has 2 heterocycles. The lowest BCUT2D eigenvalue weighted by Gasteiger charge is -2.15. The first-order valence-corrected chi connectivity index (χ1v) is 14.1. The van der Waals surface area contributed by atoms with Gasteiger partial charge in [-0.1, -0.05) is 115 Å². The second-order valence-corrected chi connectivity index (χ2v) is 10.5. The Hall–Kier alpha value is -5.67. The van der Waals surface area contributed by atoms with Crippen molar-refractivity contribution in [2.45, 2.75) is 0 Å². The van der Waals surface area contributed by atoms with Crippen molar-refractivity contribution in [3.8, 4) is 45.0 Å². The Morgan fingerprint density at radius 1 is 0.381 bits per heavy atom. The molecule has 8 aromatic rings. The summed E-state index contributed by atoms with van der Waals surface area (Å²) in [6.45, 7) is 0. The van der Waals surface area contributed by atoms with Crippen LogP contribution in [0.3, 0.4) is 0 Å². The normalized spacial score (nSPS) is 11.3. The Morgan fingerprint density at radius 3 is 1.90 bits per heavy atom. The zero-order valence-electron chi connectivity index (χ0n) is 22.8. The zero-order chi connectivity index (χ0) is 27.9. The number of rotatable bonds is 4. The monoisotopic (exact) mass is 535 g/mol. The summed E-state index contributed by atoms with van der Waals surface area (Å²) in [6, 6.07) is 48.9. The minimum Gasteiger partial charge on any atom is -0.264 e. The molecule has 0 unspecified atom stereocenters. The first-order chi connectivity index (χ1) is 20.8. The SMILES string of the molecule is c1ccc(-c2cc(-c3cccc(-c4cccnc4)c3)nc(-c3c4ccccc4cc4c3ccc3ccccc34)n2)cc1. The van der Waals surface area contributed by atoms with E-state index in [0.29, 0.717) is 0 Å². The van der Waals surface area contributed by atoms with E-state index in [4.69, 9.17) is 9.97 Å². The minimum atomic E-state index is 0.718. The van der Waals surface area contributed by atoms with Crippen molar-refractivity contribution in [2.24, 2.45) is 0 Å². The summed E-state index contributed by atoms with van der Waals surface area (Å²) in [7, 11) is 0. The third kappa shape index (κ3) is 4.20. The van der Waals surface area contributed by atoms with Crippen LogP contribution in [0.5, 0.6) is 0 Å². The van der Waals surface area contributed by atoms with E-state index in [0.717, 1.165) is 55.8 Å². The maximum absolute atomic E-state index is 5.29. The molecule has 3 nitrogen and oxygen atoms in total. The Morgan fingerprint density at radius 2 is 1.07 bits per heavy atom. The summed E-state index contributed by atoms with van der Waals surface area (Å²) in [4.78, 5) is 14.9. The summed E-state index contributed by atoms with van der Waals surface area (Å²) in [5.41, 5.74) is 7.09. The molecule has 0 spiro atoms. The van der Waals surface area contributed by atoms with Crippen LogP contribution in [-0.2, 0) is 0 Å². The Balaban J connectivity index is 1.43. The third-order valence-electron chi connectivity index (χ3n) is 7.94. The van der Waals surface area contributed by atoms with Gasteiger partial charge in [0, 0.05) is 34.6 Å². The van der Waals surface area contributed by atoms with Crippen LogP contribution in [0, 0.1) is 0 Å². The molecular formula is C39H25N3. The topological polar surface area (TPSA) is 38.7 Å². The van der Waals surface area contributed by atoms with Crippen LogP contribution in [0.15, 0.2) is 152 Å². The van der Waals surface area contributed by atoms with Crippen molar-refractivity contribution in [1.82, 2.24) is 15.0 Å². The smallest absolute Gasteiger partial charge is 0.161 e. The summed E-state index contributed by atoms with van der Waals surface area (Å²) >= 11 is 0. The summed E-state index contributed by atoms with van der Waals surface area (Å²) in [5.74, 6) is 0.718. The molecule has 0 atom stereocenters. The minimum absolute atomic E-state index is 0.718. The van der Waals surface area contributed by atoms with Crippen LogP contribution in [0.25, 0.3) is 77.3 Å². The fourth-order valence-electron chi connectivity index (χ4n) is 5.92. The van der Waals surface area contributed by atoms with Crippen LogP contribution in [-0.4, -0.2) is 15.0 Å². The highest BCUT2D eigenvalue weighted by Gasteiger charge is 2.17. The van der Waals surface area contributed by atoms with Gasteiger partial charge in [-0.2, -0.15) is 0 Å². The predicted octanol–water partition coefficient (Wildman–Crippen LogP) is 10.00. The zero-order valence-corrected chi connectivity index (χ0v) is 22.8. The van der Waals surface area contributed by atoms with E-state index in [-0.39, 0.29) is 0 Å². The van der Waals surface area contributed by atoms with E-state index >= 15 is 0 Å². The van der Waals surface area contributed by atoms with Gasteiger partial charge in [0.2, 0.25) is 0 Å². The number of aromatic nitrogens is 3. The maximum atomic E-state index is 5.29. The number of hydrogen-bond acceptors (Lipinski definition) is 3. The van der Waals surface area contributed by atoms with E-state index in [2.05, 4.69) is 132 Å². The average Bonchev–Trinajstić information content (AvgIpc) is 3.08. The van der Waals surface area contributed by atoms with Crippen LogP contribution in [0.2, 0.25) is 0 Å². The molecule has 3 heteroatoms. The Labute approximate surface area is 243 Å². The van der Waals surface area contributed by atoms with E-state index < -0.39 is 0 Å². The molecule has 196 valence electrons. The lowest BCUT2D eigenvalue weighted by molar-refractivity contribution is 1.19. The van der Waals surface area contributed by atoms with Crippen LogP contribution >= 0.6 is 0 Å². The highest BCUT2D eigenvalue weighted by Crippen LogP contribution is 2.39. The largest absolute Gasteiger partial charge is 0.264 e. The van der Waals surface area contributed by atoms with Crippen molar-refractivity contribution >= 4 is 32.3 Å². The molecule has 0 fully saturated rings. The lowest BCUT2D eigenvalue weighted by atomic mass is 9.92. The highest BCUT2D eigenvalue weighted by atomic mass is 14.9. The molecule has 0 saturated carbocycles. The van der Waals surface area contributed by atoms with Crippen LogP contribution < -0.4 is 0 Å². The van der Waals surface area contributed by atoms with Crippen molar-refractivity contribution in [3.63, 3.8) is 0 Å². The van der Waals surface area contributed by atoms with Gasteiger partial charge in [0.25, 0.3) is 0 Å². The summed E-state index contributed by atoms with van der Waals surface area (Å²) < 4.78 is 0. The molecule has 0 aliphatic carbocycles. The highest BCUT2D eigenvalue weighted by molar-refractivity contribution is 6.19. The predicted molar refractivity (Wildman–Crippen MR) is 174 cm³/mol. The molecule has 2 aromatic heterocycles. The Bertz CT molecular complexity index is 2240. The van der Waals surface area contributed by atoms with Gasteiger partial charge in [-0.25, -0.2) is 9.97 Å². The van der Waals surface area contributed by atoms with Crippen molar-refractivity contribution in [1.29, 1.82) is 0 Å². The second-order valence-electron chi connectivity index (χ2n) is 10.5. The van der Waals surface area contributed by atoms with Gasteiger partial charge in [0.05, 0.1) is 11.4 Å². The standard InChI is InChI=1S/C39H25N3/c1-2-11-27(12-3-1)36-24-37(30-15-8-14-28(22-30)31-16-9-21-40-25-31)42-39(41-36)38-33-18-7-5-13-29(33)23-35-32-17-6-4-10-26(32)19-20-34(35)38/h1-25H. The van der Waals surface area contributed by atoms with Crippen molar-refractivity contribution in [3.05, 3.63) is 152 Å². The van der Waals surface area contributed by atoms with Gasteiger partial charge in [-0.15, -0.1) is 0 Å². The number of pyridine rings is 1. The molecule has 42 heavy (non-hydrogen) atoms. The molecule has 0 bridgehead atoms. The molecule has 0 aliphatic heterocycles. The lowest BCUT2D eigenvalue weighted by Crippen LogP contribution is -1.98. The van der Waals surface area contributed by atoms with Crippen molar-refractivity contribution < 1.29 is 0 Å². The quantitative estimate of drug-likeness (QED) is 0.166. The molecule has 0 saturated heterocycles. The first kappa shape index (κ1) is 24.2. The van der Waals surface area contributed by atoms with Gasteiger partial charge < -0.3 is 0 Å². The average molecular weight is 536 g/mol. The van der Waals surface area contributed by atoms with Crippen molar-refractivity contribution in [2.75, 3.05) is 0 Å². The molecule has 0 radical (unpaired) electrons. The molecule has 0 amide bonds. The van der Waals surface area contributed by atoms with Gasteiger partial charge in [-0.05, 0) is 62.1 Å². The molecule has 0 aliphatic rings. The first-order valence-electron chi connectivity index (χ1n) is 14.1. The maximum Gasteiger partial charge on any atom is 0.161 e. The molecular weight excluding hydrogens is 510 g/mol. The Kier molecular flexibility index (Phi) is 5.79. The molecule has 0 N–H and O–H groups in total. The van der Waals surface area contributed by atoms with Gasteiger partial charge in [0.1, 0.15) is 0 Å². The number of hydrogen-bond donors (Lipinski definition) is 0. The van der Waals surface area contributed by atoms with Gasteiger partial charge >= 0.3 is 0 Å². The number of nitrogens with zero attached hydrogens (tertiary/aromatic N) is 3. The van der Waals surface area contributed by atoms with Crippen LogP contribution in [0.4, 0.5) is 0 Å². The summed E-state index contributed by atoms with van der Waals surface area (Å²) in [6.07, 6.45) is 3.69. The summed E-state index contributed by atoms with van der Waals surface area (Å²) in [5, 5.41) is 7.11. The van der Waals surface area contributed by atoms with E-state index in [1.54, 1.807) is 6.20 Å². The van der Waals surface area contributed by atoms with Gasteiger partial charge in [0.15, 0.2) is 5.82 Å².